The maximum Gasteiger partial charge on any atom is 0.123 e. The third-order valence-electron chi connectivity index (χ3n) is 5.31. The highest BCUT2D eigenvalue weighted by Gasteiger charge is 2.23. The number of benzene rings is 1. The highest BCUT2D eigenvalue weighted by Crippen LogP contribution is 2.34. The van der Waals surface area contributed by atoms with Crippen LogP contribution in [0, 0.1) is 0 Å². The van der Waals surface area contributed by atoms with E-state index in [1.54, 1.807) is 13.3 Å². The summed E-state index contributed by atoms with van der Waals surface area (Å²) in [6, 6.07) is 10.4. The second-order valence-electron chi connectivity index (χ2n) is 6.74. The number of hydrogen-bond acceptors (Lipinski definition) is 4. The topological polar surface area (TPSA) is 43.2 Å². The number of fused-ring (bicyclic) bond motifs is 1. The first-order valence-corrected chi connectivity index (χ1v) is 8.87. The largest absolute Gasteiger partial charge is 0.496 e. The van der Waals surface area contributed by atoms with Crippen LogP contribution in [0.15, 0.2) is 42.7 Å². The normalized spacial score (nSPS) is 16.4. The molecule has 5 nitrogen and oxygen atoms in total. The maximum absolute atomic E-state index is 5.54. The van der Waals surface area contributed by atoms with Gasteiger partial charge in [-0.25, -0.2) is 4.98 Å². The molecule has 25 heavy (non-hydrogen) atoms. The molecule has 0 saturated carbocycles. The van der Waals surface area contributed by atoms with E-state index in [2.05, 4.69) is 39.7 Å². The number of methoxy groups -OCH3 is 1. The number of aryl methyl sites for hydroxylation is 1. The predicted octanol–water partition coefficient (Wildman–Crippen LogP) is 3.36. The third-order valence-corrected chi connectivity index (χ3v) is 5.31. The Morgan fingerprint density at radius 1 is 1.16 bits per heavy atom. The molecule has 3 heterocycles. The van der Waals surface area contributed by atoms with Gasteiger partial charge in [-0.15, -0.1) is 0 Å². The Morgan fingerprint density at radius 3 is 2.72 bits per heavy atom. The number of hydrogen-bond donors (Lipinski definition) is 0. The molecule has 1 aliphatic heterocycles. The van der Waals surface area contributed by atoms with Crippen molar-refractivity contribution in [1.82, 2.24) is 19.4 Å². The molecule has 1 fully saturated rings. The maximum atomic E-state index is 5.54. The molecular weight excluding hydrogens is 312 g/mol. The smallest absolute Gasteiger partial charge is 0.123 e. The van der Waals surface area contributed by atoms with Gasteiger partial charge in [0.15, 0.2) is 0 Å². The van der Waals surface area contributed by atoms with Crippen LogP contribution in [-0.2, 0) is 13.6 Å². The summed E-state index contributed by atoms with van der Waals surface area (Å²) in [5.74, 6) is 2.71. The van der Waals surface area contributed by atoms with Crippen LogP contribution < -0.4 is 4.74 Å². The molecule has 0 unspecified atom stereocenters. The minimum Gasteiger partial charge on any atom is -0.496 e. The van der Waals surface area contributed by atoms with Gasteiger partial charge in [-0.3, -0.25) is 9.88 Å². The molecule has 0 atom stereocenters. The molecule has 1 aromatic carbocycles. The minimum absolute atomic E-state index is 0.581. The van der Waals surface area contributed by atoms with E-state index in [0.717, 1.165) is 55.1 Å². The van der Waals surface area contributed by atoms with Gasteiger partial charge >= 0.3 is 0 Å². The van der Waals surface area contributed by atoms with Crippen molar-refractivity contribution in [2.75, 3.05) is 20.2 Å². The summed E-state index contributed by atoms with van der Waals surface area (Å²) in [6.07, 6.45) is 6.01. The lowest BCUT2D eigenvalue weighted by Crippen LogP contribution is -2.33. The van der Waals surface area contributed by atoms with Crippen molar-refractivity contribution in [2.45, 2.75) is 25.3 Å². The average Bonchev–Trinajstić information content (AvgIpc) is 2.98. The summed E-state index contributed by atoms with van der Waals surface area (Å²) in [5.41, 5.74) is 3.47. The van der Waals surface area contributed by atoms with Crippen molar-refractivity contribution >= 4 is 11.0 Å². The molecule has 0 spiro atoms. The minimum atomic E-state index is 0.581. The SMILES string of the molecule is COc1ccccc1C1CCN(Cc2nc3ccncc3n2C)CC1. The molecular formula is C20H24N4O. The predicted molar refractivity (Wildman–Crippen MR) is 98.8 cm³/mol. The van der Waals surface area contributed by atoms with Crippen LogP contribution in [0.1, 0.15) is 30.1 Å². The van der Waals surface area contributed by atoms with Crippen molar-refractivity contribution in [2.24, 2.45) is 7.05 Å². The number of rotatable bonds is 4. The first-order valence-electron chi connectivity index (χ1n) is 8.87. The zero-order valence-corrected chi connectivity index (χ0v) is 14.9. The monoisotopic (exact) mass is 336 g/mol. The molecule has 0 aliphatic carbocycles. The zero-order chi connectivity index (χ0) is 17.2. The van der Waals surface area contributed by atoms with Crippen LogP contribution in [0.5, 0.6) is 5.75 Å². The van der Waals surface area contributed by atoms with Crippen molar-refractivity contribution < 1.29 is 4.74 Å². The standard InChI is InChI=1S/C20H24N4O/c1-23-18-13-21-10-7-17(18)22-20(23)14-24-11-8-15(9-12-24)16-5-3-4-6-19(16)25-2/h3-7,10,13,15H,8-9,11-12,14H2,1-2H3. The Labute approximate surface area is 148 Å². The molecule has 1 aliphatic rings. The van der Waals surface area contributed by atoms with Gasteiger partial charge in [0.2, 0.25) is 0 Å². The van der Waals surface area contributed by atoms with Gasteiger partial charge in [-0.05, 0) is 49.5 Å². The highest BCUT2D eigenvalue weighted by atomic mass is 16.5. The fourth-order valence-electron chi connectivity index (χ4n) is 3.83. The number of imidazole rings is 1. The summed E-state index contributed by atoms with van der Waals surface area (Å²) in [7, 11) is 3.84. The van der Waals surface area contributed by atoms with Gasteiger partial charge in [0.1, 0.15) is 11.6 Å². The fraction of sp³-hybridized carbons (Fsp3) is 0.400. The number of ether oxygens (including phenoxy) is 1. The Balaban J connectivity index is 1.44. The first kappa shape index (κ1) is 16.1. The second kappa shape index (κ2) is 6.84. The molecule has 0 N–H and O–H groups in total. The third kappa shape index (κ3) is 3.12. The zero-order valence-electron chi connectivity index (χ0n) is 14.9. The summed E-state index contributed by atoms with van der Waals surface area (Å²) in [6.45, 7) is 3.07. The molecule has 0 bridgehead atoms. The van der Waals surface area contributed by atoms with E-state index in [-0.39, 0.29) is 0 Å². The van der Waals surface area contributed by atoms with Crippen LogP contribution in [0.2, 0.25) is 0 Å². The fourth-order valence-corrected chi connectivity index (χ4v) is 3.83. The van der Waals surface area contributed by atoms with Gasteiger partial charge in [0, 0.05) is 13.2 Å². The number of likely N-dealkylation sites (tertiary alicyclic amines) is 1. The molecule has 2 aromatic heterocycles. The Kier molecular flexibility index (Phi) is 4.40. The van der Waals surface area contributed by atoms with Gasteiger partial charge in [-0.1, -0.05) is 18.2 Å². The van der Waals surface area contributed by atoms with Gasteiger partial charge < -0.3 is 9.30 Å². The number of aromatic nitrogens is 3. The van der Waals surface area contributed by atoms with E-state index in [1.165, 1.54) is 5.56 Å². The lowest BCUT2D eigenvalue weighted by atomic mass is 9.89. The average molecular weight is 336 g/mol. The molecule has 0 amide bonds. The lowest BCUT2D eigenvalue weighted by Gasteiger charge is -2.32. The van der Waals surface area contributed by atoms with Gasteiger partial charge in [-0.2, -0.15) is 0 Å². The highest BCUT2D eigenvalue weighted by molar-refractivity contribution is 5.74. The Bertz CT molecular complexity index is 865. The van der Waals surface area contributed by atoms with Crippen LogP contribution in [0.25, 0.3) is 11.0 Å². The van der Waals surface area contributed by atoms with E-state index < -0.39 is 0 Å². The van der Waals surface area contributed by atoms with Crippen molar-refractivity contribution in [3.63, 3.8) is 0 Å². The van der Waals surface area contributed by atoms with Gasteiger partial charge in [0.25, 0.3) is 0 Å². The summed E-state index contributed by atoms with van der Waals surface area (Å²) >= 11 is 0. The van der Waals surface area contributed by atoms with Crippen LogP contribution in [-0.4, -0.2) is 39.6 Å². The first-order chi connectivity index (χ1) is 12.3. The van der Waals surface area contributed by atoms with Crippen molar-refractivity contribution in [3.8, 4) is 5.75 Å². The van der Waals surface area contributed by atoms with Crippen molar-refractivity contribution in [3.05, 3.63) is 54.1 Å². The van der Waals surface area contributed by atoms with E-state index in [9.17, 15) is 0 Å². The van der Waals surface area contributed by atoms with Crippen LogP contribution in [0.4, 0.5) is 0 Å². The molecule has 0 radical (unpaired) electrons. The molecule has 130 valence electrons. The number of piperidine rings is 1. The van der Waals surface area contributed by atoms with Crippen molar-refractivity contribution in [1.29, 1.82) is 0 Å². The quantitative estimate of drug-likeness (QED) is 0.733. The molecule has 3 aromatic rings. The lowest BCUT2D eigenvalue weighted by molar-refractivity contribution is 0.197. The number of nitrogens with zero attached hydrogens (tertiary/aromatic N) is 4. The van der Waals surface area contributed by atoms with E-state index in [4.69, 9.17) is 9.72 Å². The van der Waals surface area contributed by atoms with E-state index >= 15 is 0 Å². The second-order valence-corrected chi connectivity index (χ2v) is 6.74. The van der Waals surface area contributed by atoms with E-state index in [0.29, 0.717) is 5.92 Å². The number of pyridine rings is 1. The van der Waals surface area contributed by atoms with E-state index in [1.807, 2.05) is 18.3 Å². The Hall–Kier alpha value is -2.40. The van der Waals surface area contributed by atoms with Gasteiger partial charge in [0.05, 0.1) is 30.9 Å². The van der Waals surface area contributed by atoms with Crippen LogP contribution in [0.3, 0.4) is 0 Å². The number of para-hydroxylation sites is 1. The Morgan fingerprint density at radius 2 is 1.96 bits per heavy atom. The summed E-state index contributed by atoms with van der Waals surface area (Å²) < 4.78 is 7.70. The molecule has 5 heteroatoms. The summed E-state index contributed by atoms with van der Waals surface area (Å²) in [5, 5.41) is 0. The molecule has 4 rings (SSSR count). The van der Waals surface area contributed by atoms with Crippen LogP contribution >= 0.6 is 0 Å². The summed E-state index contributed by atoms with van der Waals surface area (Å²) in [4.78, 5) is 11.5. The molecule has 1 saturated heterocycles.